The SMILES string of the molecule is COc1ccc(Br)cc1CCNC(=O)c1cc(=O)n(-c2ccccc2)[nH]1. The van der Waals surface area contributed by atoms with E-state index in [9.17, 15) is 9.59 Å². The molecule has 0 radical (unpaired) electrons. The lowest BCUT2D eigenvalue weighted by Crippen LogP contribution is -2.26. The number of carbonyl (C=O) groups is 1. The number of para-hydroxylation sites is 1. The normalized spacial score (nSPS) is 10.5. The number of nitrogens with one attached hydrogen (secondary N) is 2. The van der Waals surface area contributed by atoms with Gasteiger partial charge in [0.05, 0.1) is 12.8 Å². The molecule has 2 N–H and O–H groups in total. The van der Waals surface area contributed by atoms with Crippen molar-refractivity contribution in [3.63, 3.8) is 0 Å². The first kappa shape index (κ1) is 18.0. The van der Waals surface area contributed by atoms with Gasteiger partial charge >= 0.3 is 0 Å². The van der Waals surface area contributed by atoms with Crippen molar-refractivity contribution < 1.29 is 9.53 Å². The number of halogens is 1. The lowest BCUT2D eigenvalue weighted by Gasteiger charge is -2.09. The van der Waals surface area contributed by atoms with Gasteiger partial charge in [-0.1, -0.05) is 34.1 Å². The van der Waals surface area contributed by atoms with Crippen LogP contribution in [0.1, 0.15) is 16.1 Å². The quantitative estimate of drug-likeness (QED) is 0.649. The Morgan fingerprint density at radius 3 is 2.69 bits per heavy atom. The highest BCUT2D eigenvalue weighted by Crippen LogP contribution is 2.23. The number of amides is 1. The second-order valence-corrected chi connectivity index (χ2v) is 6.56. The zero-order valence-corrected chi connectivity index (χ0v) is 15.7. The fraction of sp³-hybridized carbons (Fsp3) is 0.158. The Balaban J connectivity index is 1.66. The minimum Gasteiger partial charge on any atom is -0.496 e. The molecule has 134 valence electrons. The third-order valence-electron chi connectivity index (χ3n) is 3.90. The molecule has 3 aromatic rings. The maximum absolute atomic E-state index is 12.3. The van der Waals surface area contributed by atoms with E-state index in [0.717, 1.165) is 15.8 Å². The summed E-state index contributed by atoms with van der Waals surface area (Å²) in [7, 11) is 1.61. The van der Waals surface area contributed by atoms with Crippen LogP contribution in [-0.2, 0) is 6.42 Å². The smallest absolute Gasteiger partial charge is 0.271 e. The van der Waals surface area contributed by atoms with Crippen LogP contribution in [0, 0.1) is 0 Å². The number of aromatic nitrogens is 2. The average Bonchev–Trinajstić information content (AvgIpc) is 3.04. The van der Waals surface area contributed by atoms with Gasteiger partial charge in [0.25, 0.3) is 11.5 Å². The summed E-state index contributed by atoms with van der Waals surface area (Å²) in [5.74, 6) is 0.442. The van der Waals surface area contributed by atoms with E-state index >= 15 is 0 Å². The molecule has 0 spiro atoms. The number of rotatable bonds is 6. The van der Waals surface area contributed by atoms with Crippen molar-refractivity contribution in [3.05, 3.63) is 80.7 Å². The van der Waals surface area contributed by atoms with E-state index in [1.165, 1.54) is 10.7 Å². The third kappa shape index (κ3) is 4.05. The number of hydrogen-bond donors (Lipinski definition) is 2. The van der Waals surface area contributed by atoms with Crippen LogP contribution in [0.15, 0.2) is 63.9 Å². The number of hydrogen-bond acceptors (Lipinski definition) is 3. The molecule has 1 aromatic heterocycles. The zero-order valence-electron chi connectivity index (χ0n) is 14.2. The van der Waals surface area contributed by atoms with Gasteiger partial charge in [0.2, 0.25) is 0 Å². The molecule has 1 heterocycles. The van der Waals surface area contributed by atoms with E-state index in [1.54, 1.807) is 19.2 Å². The number of H-pyrrole nitrogens is 1. The van der Waals surface area contributed by atoms with Crippen LogP contribution in [0.5, 0.6) is 5.75 Å². The number of carbonyl (C=O) groups excluding carboxylic acids is 1. The van der Waals surface area contributed by atoms with Crippen molar-refractivity contribution in [3.8, 4) is 11.4 Å². The van der Waals surface area contributed by atoms with Crippen LogP contribution in [0.25, 0.3) is 5.69 Å². The number of benzene rings is 2. The average molecular weight is 416 g/mol. The molecule has 1 amide bonds. The van der Waals surface area contributed by atoms with Gasteiger partial charge in [-0.3, -0.25) is 14.7 Å². The Morgan fingerprint density at radius 2 is 1.96 bits per heavy atom. The van der Waals surface area contributed by atoms with Gasteiger partial charge in [-0.05, 0) is 42.3 Å². The van der Waals surface area contributed by atoms with Gasteiger partial charge in [-0.15, -0.1) is 0 Å². The summed E-state index contributed by atoms with van der Waals surface area (Å²) in [5, 5.41) is 5.65. The van der Waals surface area contributed by atoms with E-state index < -0.39 is 0 Å². The van der Waals surface area contributed by atoms with Crippen LogP contribution in [0.2, 0.25) is 0 Å². The summed E-state index contributed by atoms with van der Waals surface area (Å²) in [4.78, 5) is 24.4. The summed E-state index contributed by atoms with van der Waals surface area (Å²) in [6.07, 6.45) is 0.609. The fourth-order valence-electron chi connectivity index (χ4n) is 2.63. The monoisotopic (exact) mass is 415 g/mol. The van der Waals surface area contributed by atoms with E-state index in [2.05, 4.69) is 26.3 Å². The zero-order chi connectivity index (χ0) is 18.5. The van der Waals surface area contributed by atoms with Gasteiger partial charge in [0.15, 0.2) is 0 Å². The Labute approximate surface area is 158 Å². The predicted octanol–water partition coefficient (Wildman–Crippen LogP) is 2.91. The molecule has 0 bridgehead atoms. The minimum absolute atomic E-state index is 0.222. The highest BCUT2D eigenvalue weighted by Gasteiger charge is 2.12. The number of aromatic amines is 1. The Morgan fingerprint density at radius 1 is 1.19 bits per heavy atom. The second kappa shape index (κ2) is 8.05. The lowest BCUT2D eigenvalue weighted by molar-refractivity contribution is 0.0948. The second-order valence-electron chi connectivity index (χ2n) is 5.64. The van der Waals surface area contributed by atoms with E-state index in [1.807, 2.05) is 36.4 Å². The summed E-state index contributed by atoms with van der Waals surface area (Å²) in [5.41, 5.74) is 1.60. The molecule has 0 saturated carbocycles. The minimum atomic E-state index is -0.328. The molecule has 0 aliphatic carbocycles. The highest BCUT2D eigenvalue weighted by molar-refractivity contribution is 9.10. The Kier molecular flexibility index (Phi) is 5.58. The molecule has 6 nitrogen and oxygen atoms in total. The van der Waals surface area contributed by atoms with E-state index in [-0.39, 0.29) is 17.2 Å². The van der Waals surface area contributed by atoms with Crippen molar-refractivity contribution >= 4 is 21.8 Å². The molecular weight excluding hydrogens is 398 g/mol. The van der Waals surface area contributed by atoms with Gasteiger partial charge < -0.3 is 10.1 Å². The van der Waals surface area contributed by atoms with Crippen molar-refractivity contribution in [2.45, 2.75) is 6.42 Å². The Bertz CT molecular complexity index is 964. The summed E-state index contributed by atoms with van der Waals surface area (Å²) in [6.45, 7) is 0.421. The first-order chi connectivity index (χ1) is 12.6. The summed E-state index contributed by atoms with van der Waals surface area (Å²) in [6, 6.07) is 16.1. The molecule has 0 fully saturated rings. The number of nitrogens with zero attached hydrogens (tertiary/aromatic N) is 1. The van der Waals surface area contributed by atoms with Crippen LogP contribution >= 0.6 is 15.9 Å². The lowest BCUT2D eigenvalue weighted by atomic mass is 10.1. The standard InChI is InChI=1S/C19H18BrN3O3/c1-26-17-8-7-14(20)11-13(17)9-10-21-19(25)16-12-18(24)23(22-16)15-5-3-2-4-6-15/h2-8,11-12,22H,9-10H2,1H3,(H,21,25). The highest BCUT2D eigenvalue weighted by atomic mass is 79.9. The van der Waals surface area contributed by atoms with Crippen LogP contribution < -0.4 is 15.6 Å². The van der Waals surface area contributed by atoms with Crippen molar-refractivity contribution in [2.75, 3.05) is 13.7 Å². The molecule has 0 aliphatic heterocycles. The van der Waals surface area contributed by atoms with E-state index in [0.29, 0.717) is 18.7 Å². The molecule has 0 aliphatic rings. The maximum Gasteiger partial charge on any atom is 0.271 e. The summed E-state index contributed by atoms with van der Waals surface area (Å²) < 4.78 is 7.61. The molecule has 26 heavy (non-hydrogen) atoms. The number of ether oxygens (including phenoxy) is 1. The molecule has 0 atom stereocenters. The molecule has 2 aromatic carbocycles. The summed E-state index contributed by atoms with van der Waals surface area (Å²) >= 11 is 3.43. The topological polar surface area (TPSA) is 76.1 Å². The molecular formula is C19H18BrN3O3. The largest absolute Gasteiger partial charge is 0.496 e. The van der Waals surface area contributed by atoms with Gasteiger partial charge in [0, 0.05) is 17.1 Å². The molecule has 0 saturated heterocycles. The fourth-order valence-corrected chi connectivity index (χ4v) is 3.04. The first-order valence-corrected chi connectivity index (χ1v) is 8.86. The van der Waals surface area contributed by atoms with Crippen LogP contribution in [0.3, 0.4) is 0 Å². The van der Waals surface area contributed by atoms with Gasteiger partial charge in [-0.25, -0.2) is 4.68 Å². The molecule has 3 rings (SSSR count). The van der Waals surface area contributed by atoms with Crippen LogP contribution in [0.4, 0.5) is 0 Å². The molecule has 7 heteroatoms. The molecule has 0 unspecified atom stereocenters. The van der Waals surface area contributed by atoms with Crippen LogP contribution in [-0.4, -0.2) is 29.3 Å². The maximum atomic E-state index is 12.3. The first-order valence-electron chi connectivity index (χ1n) is 8.06. The third-order valence-corrected chi connectivity index (χ3v) is 4.40. The Hall–Kier alpha value is -2.80. The van der Waals surface area contributed by atoms with Crippen molar-refractivity contribution in [1.29, 1.82) is 0 Å². The van der Waals surface area contributed by atoms with E-state index in [4.69, 9.17) is 4.74 Å². The predicted molar refractivity (Wildman–Crippen MR) is 103 cm³/mol. The van der Waals surface area contributed by atoms with Crippen molar-refractivity contribution in [1.82, 2.24) is 15.1 Å². The van der Waals surface area contributed by atoms with Gasteiger partial charge in [-0.2, -0.15) is 0 Å². The van der Waals surface area contributed by atoms with Crippen molar-refractivity contribution in [2.24, 2.45) is 0 Å². The van der Waals surface area contributed by atoms with Gasteiger partial charge in [0.1, 0.15) is 11.4 Å². The number of methoxy groups -OCH3 is 1.